The molecule has 1 aromatic carbocycles. The molecule has 0 radical (unpaired) electrons. The number of hydrogen-bond donors (Lipinski definition) is 2. The van der Waals surface area contributed by atoms with Gasteiger partial charge in [0.2, 0.25) is 0 Å². The molecular weight excluding hydrogens is 252 g/mol. The van der Waals surface area contributed by atoms with Gasteiger partial charge < -0.3 is 10.2 Å². The molecule has 2 atom stereocenters. The molecular formula is C13H14O4S. The molecule has 0 fully saturated rings. The van der Waals surface area contributed by atoms with E-state index in [-0.39, 0.29) is 5.57 Å². The molecule has 0 aliphatic rings. The van der Waals surface area contributed by atoms with Crippen LogP contribution in [0.5, 0.6) is 0 Å². The van der Waals surface area contributed by atoms with E-state index < -0.39 is 22.4 Å². The van der Waals surface area contributed by atoms with E-state index in [0.29, 0.717) is 0 Å². The lowest BCUT2D eigenvalue weighted by Gasteiger charge is -2.19. The first-order valence-electron chi connectivity index (χ1n) is 5.28. The Morgan fingerprint density at radius 2 is 1.78 bits per heavy atom. The minimum absolute atomic E-state index is 0.0145. The lowest BCUT2D eigenvalue weighted by atomic mass is 10.1. The molecule has 0 saturated heterocycles. The number of carbonyl (C=O) groups is 2. The second-order valence-electron chi connectivity index (χ2n) is 3.74. The van der Waals surface area contributed by atoms with E-state index in [1.165, 1.54) is 6.92 Å². The molecule has 96 valence electrons. The zero-order chi connectivity index (χ0) is 13.7. The number of aliphatic carboxylic acids is 2. The maximum absolute atomic E-state index is 11.0. The fourth-order valence-electron chi connectivity index (χ4n) is 1.36. The minimum Gasteiger partial charge on any atom is -0.480 e. The predicted molar refractivity (Wildman–Crippen MR) is 70.6 cm³/mol. The van der Waals surface area contributed by atoms with Crippen LogP contribution in [0, 0.1) is 0 Å². The molecule has 5 heteroatoms. The van der Waals surface area contributed by atoms with E-state index in [1.807, 2.05) is 6.07 Å². The van der Waals surface area contributed by atoms with Gasteiger partial charge in [-0.1, -0.05) is 36.9 Å². The number of carboxylic acid groups (broad SMARTS) is 2. The SMILES string of the molecule is C=C(C(=O)O)C(SC(C)C(=O)O)c1ccccc1. The summed E-state index contributed by atoms with van der Waals surface area (Å²) in [6.45, 7) is 5.06. The highest BCUT2D eigenvalue weighted by Crippen LogP contribution is 2.37. The van der Waals surface area contributed by atoms with Crippen molar-refractivity contribution in [3.8, 4) is 0 Å². The summed E-state index contributed by atoms with van der Waals surface area (Å²) in [4.78, 5) is 21.9. The van der Waals surface area contributed by atoms with Gasteiger partial charge in [-0.2, -0.15) is 0 Å². The summed E-state index contributed by atoms with van der Waals surface area (Å²) in [5, 5.41) is 16.6. The molecule has 2 N–H and O–H groups in total. The zero-order valence-corrected chi connectivity index (χ0v) is 10.7. The number of rotatable bonds is 6. The summed E-state index contributed by atoms with van der Waals surface area (Å²) in [5.74, 6) is -2.09. The molecule has 4 nitrogen and oxygen atoms in total. The first kappa shape index (κ1) is 14.3. The summed E-state index contributed by atoms with van der Waals surface area (Å²) in [6.07, 6.45) is 0. The second kappa shape index (κ2) is 6.26. The largest absolute Gasteiger partial charge is 0.480 e. The van der Waals surface area contributed by atoms with Gasteiger partial charge in [-0.15, -0.1) is 11.8 Å². The lowest BCUT2D eigenvalue weighted by Crippen LogP contribution is -2.16. The molecule has 1 aromatic rings. The highest BCUT2D eigenvalue weighted by atomic mass is 32.2. The smallest absolute Gasteiger partial charge is 0.332 e. The molecule has 0 amide bonds. The lowest BCUT2D eigenvalue weighted by molar-refractivity contribution is -0.136. The molecule has 0 aromatic heterocycles. The van der Waals surface area contributed by atoms with Crippen molar-refractivity contribution in [2.24, 2.45) is 0 Å². The Bertz CT molecular complexity index is 455. The van der Waals surface area contributed by atoms with Gasteiger partial charge in [0.1, 0.15) is 5.25 Å². The topological polar surface area (TPSA) is 74.6 Å². The maximum Gasteiger partial charge on any atom is 0.332 e. The second-order valence-corrected chi connectivity index (χ2v) is 5.19. The summed E-state index contributed by atoms with van der Waals surface area (Å²) >= 11 is 1.06. The van der Waals surface area contributed by atoms with Crippen LogP contribution in [0.2, 0.25) is 0 Å². The fraction of sp³-hybridized carbons (Fsp3) is 0.231. The number of carboxylic acids is 2. The van der Waals surface area contributed by atoms with Gasteiger partial charge in [-0.3, -0.25) is 4.79 Å². The van der Waals surface area contributed by atoms with Crippen molar-refractivity contribution in [1.82, 2.24) is 0 Å². The van der Waals surface area contributed by atoms with Gasteiger partial charge in [-0.05, 0) is 12.5 Å². The summed E-state index contributed by atoms with van der Waals surface area (Å²) in [7, 11) is 0. The van der Waals surface area contributed by atoms with Crippen LogP contribution in [0.3, 0.4) is 0 Å². The predicted octanol–water partition coefficient (Wildman–Crippen LogP) is 2.57. The Hall–Kier alpha value is -1.75. The van der Waals surface area contributed by atoms with E-state index in [9.17, 15) is 9.59 Å². The molecule has 0 aliphatic heterocycles. The highest BCUT2D eigenvalue weighted by molar-refractivity contribution is 8.01. The first-order chi connectivity index (χ1) is 8.43. The van der Waals surface area contributed by atoms with Crippen LogP contribution < -0.4 is 0 Å². The molecule has 0 saturated carbocycles. The quantitative estimate of drug-likeness (QED) is 0.774. The van der Waals surface area contributed by atoms with E-state index in [0.717, 1.165) is 17.3 Å². The monoisotopic (exact) mass is 266 g/mol. The molecule has 0 aliphatic carbocycles. The van der Waals surface area contributed by atoms with Crippen molar-refractivity contribution in [3.63, 3.8) is 0 Å². The van der Waals surface area contributed by atoms with Crippen LogP contribution in [0.1, 0.15) is 17.7 Å². The fourth-order valence-corrected chi connectivity index (χ4v) is 2.47. The Kier molecular flexibility index (Phi) is 4.97. The number of benzene rings is 1. The Balaban J connectivity index is 3.00. The van der Waals surface area contributed by atoms with Crippen LogP contribution in [0.4, 0.5) is 0 Å². The third kappa shape index (κ3) is 3.63. The van der Waals surface area contributed by atoms with Crippen LogP contribution in [0.25, 0.3) is 0 Å². The molecule has 0 bridgehead atoms. The minimum atomic E-state index is -1.12. The van der Waals surface area contributed by atoms with Crippen LogP contribution in [-0.2, 0) is 9.59 Å². The normalized spacial score (nSPS) is 13.6. The molecule has 1 rings (SSSR count). The van der Waals surface area contributed by atoms with Crippen molar-refractivity contribution in [2.45, 2.75) is 17.4 Å². The van der Waals surface area contributed by atoms with Gasteiger partial charge in [0.15, 0.2) is 0 Å². The van der Waals surface area contributed by atoms with Gasteiger partial charge in [0.05, 0.1) is 5.25 Å². The van der Waals surface area contributed by atoms with Crippen LogP contribution >= 0.6 is 11.8 Å². The average Bonchev–Trinajstić information content (AvgIpc) is 2.35. The summed E-state index contributed by atoms with van der Waals surface area (Å²) < 4.78 is 0. The molecule has 0 heterocycles. The third-order valence-corrected chi connectivity index (χ3v) is 3.82. The van der Waals surface area contributed by atoms with Crippen molar-refractivity contribution in [1.29, 1.82) is 0 Å². The van der Waals surface area contributed by atoms with Crippen LogP contribution in [-0.4, -0.2) is 27.4 Å². The average molecular weight is 266 g/mol. The van der Waals surface area contributed by atoms with Gasteiger partial charge in [0, 0.05) is 5.57 Å². The van der Waals surface area contributed by atoms with Crippen molar-refractivity contribution in [3.05, 3.63) is 48.0 Å². The number of hydrogen-bond acceptors (Lipinski definition) is 3. The van der Waals surface area contributed by atoms with E-state index in [1.54, 1.807) is 24.3 Å². The summed E-state index contributed by atoms with van der Waals surface area (Å²) in [5.41, 5.74) is 0.724. The highest BCUT2D eigenvalue weighted by Gasteiger charge is 2.25. The number of thioether (sulfide) groups is 1. The summed E-state index contributed by atoms with van der Waals surface area (Å²) in [6, 6.07) is 8.91. The van der Waals surface area contributed by atoms with Gasteiger partial charge in [-0.25, -0.2) is 4.79 Å². The molecule has 18 heavy (non-hydrogen) atoms. The van der Waals surface area contributed by atoms with Crippen molar-refractivity contribution < 1.29 is 19.8 Å². The third-order valence-electron chi connectivity index (χ3n) is 2.38. The Morgan fingerprint density at radius 1 is 1.22 bits per heavy atom. The first-order valence-corrected chi connectivity index (χ1v) is 6.23. The van der Waals surface area contributed by atoms with E-state index in [2.05, 4.69) is 6.58 Å². The zero-order valence-electron chi connectivity index (χ0n) is 9.87. The maximum atomic E-state index is 11.0. The van der Waals surface area contributed by atoms with Crippen LogP contribution in [0.15, 0.2) is 42.5 Å². The van der Waals surface area contributed by atoms with Gasteiger partial charge in [0.25, 0.3) is 0 Å². The van der Waals surface area contributed by atoms with E-state index in [4.69, 9.17) is 10.2 Å². The van der Waals surface area contributed by atoms with Crippen molar-refractivity contribution >= 4 is 23.7 Å². The standard InChI is InChI=1S/C13H14O4S/c1-8(12(14)15)11(18-9(2)13(16)17)10-6-4-3-5-7-10/h3-7,9,11H,1H2,2H3,(H,14,15)(H,16,17). The Morgan fingerprint density at radius 3 is 2.22 bits per heavy atom. The van der Waals surface area contributed by atoms with Gasteiger partial charge >= 0.3 is 11.9 Å². The molecule has 2 unspecified atom stereocenters. The Labute approximate surface area is 109 Å². The molecule has 0 spiro atoms. The van der Waals surface area contributed by atoms with E-state index >= 15 is 0 Å². The van der Waals surface area contributed by atoms with Crippen molar-refractivity contribution in [2.75, 3.05) is 0 Å².